The lowest BCUT2D eigenvalue weighted by Crippen LogP contribution is -2.45. The summed E-state index contributed by atoms with van der Waals surface area (Å²) in [5.74, 6) is 0.721. The van der Waals surface area contributed by atoms with Gasteiger partial charge in [-0.3, -0.25) is 14.8 Å². The average Bonchev–Trinajstić information content (AvgIpc) is 2.72. The molecule has 0 spiro atoms. The van der Waals surface area contributed by atoms with Crippen LogP contribution in [0.5, 0.6) is 0 Å². The molecule has 5 rings (SSSR count). The van der Waals surface area contributed by atoms with E-state index in [9.17, 15) is 0 Å². The van der Waals surface area contributed by atoms with Crippen LogP contribution in [0.25, 0.3) is 10.9 Å². The zero-order valence-corrected chi connectivity index (χ0v) is 19.4. The van der Waals surface area contributed by atoms with Crippen molar-refractivity contribution in [2.24, 2.45) is 0 Å². The number of aryl methyl sites for hydroxylation is 1. The molecule has 1 aromatic heterocycles. The fraction of sp³-hybridized carbons (Fsp3) is 0.423. The van der Waals surface area contributed by atoms with Crippen molar-refractivity contribution in [1.82, 2.24) is 14.8 Å². The molecule has 4 heteroatoms. The molecule has 1 aliphatic heterocycles. The van der Waals surface area contributed by atoms with Crippen molar-refractivity contribution in [1.29, 1.82) is 0 Å². The van der Waals surface area contributed by atoms with Crippen molar-refractivity contribution in [3.05, 3.63) is 75.4 Å². The number of aromatic nitrogens is 1. The lowest BCUT2D eigenvalue weighted by molar-refractivity contribution is 0.122. The number of rotatable bonds is 5. The predicted octanol–water partition coefficient (Wildman–Crippen LogP) is 5.89. The zero-order valence-electron chi connectivity index (χ0n) is 17.8. The summed E-state index contributed by atoms with van der Waals surface area (Å²) < 4.78 is 1.15. The summed E-state index contributed by atoms with van der Waals surface area (Å²) in [6.45, 7) is 8.88. The minimum atomic E-state index is 0.721. The monoisotopic (exact) mass is 463 g/mol. The maximum atomic E-state index is 4.83. The van der Waals surface area contributed by atoms with Crippen LogP contribution in [0, 0.1) is 6.92 Å². The maximum absolute atomic E-state index is 4.83. The van der Waals surface area contributed by atoms with Crippen molar-refractivity contribution >= 4 is 26.8 Å². The molecule has 0 bridgehead atoms. The zero-order chi connectivity index (χ0) is 20.5. The van der Waals surface area contributed by atoms with E-state index in [1.807, 2.05) is 6.20 Å². The second-order valence-corrected chi connectivity index (χ2v) is 9.89. The molecule has 0 amide bonds. The Bertz CT molecular complexity index is 1020. The SMILES string of the molecule is Cc1cc(CN2CCN(Cc3ccc(Br)cc3)CC2)c2cccnc2c1C1CCC1. The van der Waals surface area contributed by atoms with Crippen LogP contribution in [-0.2, 0) is 13.1 Å². The number of halogens is 1. The van der Waals surface area contributed by atoms with Gasteiger partial charge in [-0.05, 0) is 66.1 Å². The van der Waals surface area contributed by atoms with Gasteiger partial charge in [-0.15, -0.1) is 0 Å². The van der Waals surface area contributed by atoms with Gasteiger partial charge in [-0.1, -0.05) is 46.6 Å². The Balaban J connectivity index is 1.28. The first-order valence-electron chi connectivity index (χ1n) is 11.2. The highest BCUT2D eigenvalue weighted by atomic mass is 79.9. The fourth-order valence-corrected chi connectivity index (χ4v) is 5.28. The van der Waals surface area contributed by atoms with E-state index in [1.165, 1.54) is 52.4 Å². The number of piperazine rings is 1. The van der Waals surface area contributed by atoms with Gasteiger partial charge >= 0.3 is 0 Å². The number of hydrogen-bond donors (Lipinski definition) is 0. The average molecular weight is 464 g/mol. The van der Waals surface area contributed by atoms with E-state index in [2.05, 4.69) is 75.1 Å². The number of fused-ring (bicyclic) bond motifs is 1. The number of hydrogen-bond acceptors (Lipinski definition) is 3. The molecule has 3 nitrogen and oxygen atoms in total. The van der Waals surface area contributed by atoms with Gasteiger partial charge in [-0.2, -0.15) is 0 Å². The predicted molar refractivity (Wildman–Crippen MR) is 128 cm³/mol. The minimum Gasteiger partial charge on any atom is -0.297 e. The highest BCUT2D eigenvalue weighted by Gasteiger charge is 2.25. The minimum absolute atomic E-state index is 0.721. The second kappa shape index (κ2) is 8.78. The first kappa shape index (κ1) is 20.2. The normalized spacial score (nSPS) is 18.6. The lowest BCUT2D eigenvalue weighted by Gasteiger charge is -2.35. The standard InChI is InChI=1S/C26H30BrN3/c1-19-16-22(24-6-3-11-28-26(24)25(19)21-4-2-5-21)18-30-14-12-29(13-15-30)17-20-7-9-23(27)10-8-20/h3,6-11,16,21H,2,4-5,12-15,17-18H2,1H3. The molecule has 0 N–H and O–H groups in total. The molecule has 2 fully saturated rings. The number of nitrogens with zero attached hydrogens (tertiary/aromatic N) is 3. The molecule has 3 aromatic rings. The summed E-state index contributed by atoms with van der Waals surface area (Å²) in [6.07, 6.45) is 5.98. The summed E-state index contributed by atoms with van der Waals surface area (Å²) in [7, 11) is 0. The third kappa shape index (κ3) is 4.18. The van der Waals surface area contributed by atoms with Crippen molar-refractivity contribution < 1.29 is 0 Å². The Kier molecular flexibility index (Phi) is 5.90. The second-order valence-electron chi connectivity index (χ2n) is 8.97. The Labute approximate surface area is 188 Å². The smallest absolute Gasteiger partial charge is 0.0742 e. The van der Waals surface area contributed by atoms with Crippen molar-refractivity contribution in [2.45, 2.75) is 45.2 Å². The molecule has 30 heavy (non-hydrogen) atoms. The van der Waals surface area contributed by atoms with Crippen LogP contribution in [0.1, 0.15) is 47.4 Å². The van der Waals surface area contributed by atoms with E-state index < -0.39 is 0 Å². The molecule has 0 unspecified atom stereocenters. The molecule has 1 aliphatic carbocycles. The van der Waals surface area contributed by atoms with E-state index in [0.29, 0.717) is 0 Å². The van der Waals surface area contributed by atoms with Crippen LogP contribution in [-0.4, -0.2) is 41.0 Å². The third-order valence-electron chi connectivity index (χ3n) is 6.92. The Morgan fingerprint density at radius 1 is 0.967 bits per heavy atom. The lowest BCUT2D eigenvalue weighted by atomic mass is 9.77. The van der Waals surface area contributed by atoms with E-state index in [-0.39, 0.29) is 0 Å². The van der Waals surface area contributed by atoms with Crippen LogP contribution in [0.3, 0.4) is 0 Å². The molecular formula is C26H30BrN3. The quantitative estimate of drug-likeness (QED) is 0.469. The highest BCUT2D eigenvalue weighted by molar-refractivity contribution is 9.10. The Morgan fingerprint density at radius 2 is 1.67 bits per heavy atom. The fourth-order valence-electron chi connectivity index (χ4n) is 5.02. The maximum Gasteiger partial charge on any atom is 0.0742 e. The first-order valence-corrected chi connectivity index (χ1v) is 12.0. The van der Waals surface area contributed by atoms with Crippen LogP contribution < -0.4 is 0 Å². The first-order chi connectivity index (χ1) is 14.7. The molecule has 2 heterocycles. The Hall–Kier alpha value is -1.75. The molecular weight excluding hydrogens is 434 g/mol. The Morgan fingerprint density at radius 3 is 2.33 bits per heavy atom. The van der Waals surface area contributed by atoms with Gasteiger partial charge in [-0.25, -0.2) is 0 Å². The van der Waals surface area contributed by atoms with Gasteiger partial charge < -0.3 is 0 Å². The summed E-state index contributed by atoms with van der Waals surface area (Å²) in [5, 5.41) is 1.36. The molecule has 0 atom stereocenters. The molecule has 1 saturated carbocycles. The van der Waals surface area contributed by atoms with Crippen molar-refractivity contribution in [3.8, 4) is 0 Å². The van der Waals surface area contributed by atoms with E-state index in [4.69, 9.17) is 4.98 Å². The summed E-state index contributed by atoms with van der Waals surface area (Å²) in [5.41, 5.74) is 7.05. The van der Waals surface area contributed by atoms with Gasteiger partial charge in [0.15, 0.2) is 0 Å². The summed E-state index contributed by atoms with van der Waals surface area (Å²) in [4.78, 5) is 10.0. The molecule has 2 aromatic carbocycles. The third-order valence-corrected chi connectivity index (χ3v) is 7.44. The molecule has 2 aliphatic rings. The van der Waals surface area contributed by atoms with Crippen LogP contribution >= 0.6 is 15.9 Å². The van der Waals surface area contributed by atoms with Gasteiger partial charge in [0.1, 0.15) is 0 Å². The molecule has 0 radical (unpaired) electrons. The molecule has 156 valence electrons. The van der Waals surface area contributed by atoms with Crippen molar-refractivity contribution in [3.63, 3.8) is 0 Å². The van der Waals surface area contributed by atoms with Gasteiger partial charge in [0.2, 0.25) is 0 Å². The van der Waals surface area contributed by atoms with Crippen molar-refractivity contribution in [2.75, 3.05) is 26.2 Å². The number of benzene rings is 2. The van der Waals surface area contributed by atoms with E-state index in [0.717, 1.165) is 49.7 Å². The highest BCUT2D eigenvalue weighted by Crippen LogP contribution is 2.41. The van der Waals surface area contributed by atoms with Crippen LogP contribution in [0.15, 0.2) is 53.1 Å². The molecule has 1 saturated heterocycles. The summed E-state index contributed by atoms with van der Waals surface area (Å²) in [6, 6.07) is 15.6. The topological polar surface area (TPSA) is 19.4 Å². The van der Waals surface area contributed by atoms with Gasteiger partial charge in [0.05, 0.1) is 5.52 Å². The number of pyridine rings is 1. The van der Waals surface area contributed by atoms with E-state index in [1.54, 1.807) is 0 Å². The van der Waals surface area contributed by atoms with Gasteiger partial charge in [0, 0.05) is 55.3 Å². The largest absolute Gasteiger partial charge is 0.297 e. The van der Waals surface area contributed by atoms with E-state index >= 15 is 0 Å². The van der Waals surface area contributed by atoms with Crippen LogP contribution in [0.2, 0.25) is 0 Å². The van der Waals surface area contributed by atoms with Gasteiger partial charge in [0.25, 0.3) is 0 Å². The summed E-state index contributed by atoms with van der Waals surface area (Å²) >= 11 is 3.53. The van der Waals surface area contributed by atoms with Crippen LogP contribution in [0.4, 0.5) is 0 Å².